The lowest BCUT2D eigenvalue weighted by molar-refractivity contribution is 0.103. The van der Waals surface area contributed by atoms with E-state index in [1.807, 2.05) is 78.9 Å². The van der Waals surface area contributed by atoms with Gasteiger partial charge in [-0.25, -0.2) is 0 Å². The van der Waals surface area contributed by atoms with Crippen molar-refractivity contribution < 1.29 is 4.79 Å². The van der Waals surface area contributed by atoms with Crippen molar-refractivity contribution in [3.05, 3.63) is 137 Å². The minimum Gasteiger partial charge on any atom is -0.352 e. The van der Waals surface area contributed by atoms with E-state index in [4.69, 9.17) is 12.2 Å². The third kappa shape index (κ3) is 6.07. The Hall–Kier alpha value is -3.76. The second kappa shape index (κ2) is 10.9. The van der Waals surface area contributed by atoms with Gasteiger partial charge in [-0.2, -0.15) is 0 Å². The molecule has 2 N–H and O–H groups in total. The van der Waals surface area contributed by atoms with Gasteiger partial charge in [0.05, 0.1) is 6.04 Å². The standard InChI is InChI=1S/C32H32N2OS/c1-22-11-8-9-16-28(22)29(23-12-6-5-7-13-23)34-31(36)33-27-15-10-14-25(21-27)30(35)24-17-19-26(20-18-24)32(2,3)4/h5-21,29H,1-4H3,(H2,33,34,36)/t29-/m0/s1. The third-order valence-corrected chi connectivity index (χ3v) is 6.52. The van der Waals surface area contributed by atoms with Crippen LogP contribution in [0.5, 0.6) is 0 Å². The van der Waals surface area contributed by atoms with Crippen LogP contribution in [0.15, 0.2) is 103 Å². The molecule has 0 aromatic heterocycles. The van der Waals surface area contributed by atoms with Gasteiger partial charge in [-0.3, -0.25) is 4.79 Å². The quantitative estimate of drug-likeness (QED) is 0.215. The molecule has 0 heterocycles. The molecule has 0 saturated heterocycles. The van der Waals surface area contributed by atoms with Crippen molar-refractivity contribution in [3.63, 3.8) is 0 Å². The number of thiocarbonyl (C=S) groups is 1. The Morgan fingerprint density at radius 2 is 1.44 bits per heavy atom. The van der Waals surface area contributed by atoms with E-state index >= 15 is 0 Å². The van der Waals surface area contributed by atoms with E-state index in [0.29, 0.717) is 16.2 Å². The Bertz CT molecular complexity index is 1360. The van der Waals surface area contributed by atoms with Crippen molar-refractivity contribution >= 4 is 28.8 Å². The van der Waals surface area contributed by atoms with Crippen molar-refractivity contribution in [2.24, 2.45) is 0 Å². The maximum atomic E-state index is 13.2. The zero-order valence-corrected chi connectivity index (χ0v) is 22.0. The summed E-state index contributed by atoms with van der Waals surface area (Å²) in [5, 5.41) is 7.24. The third-order valence-electron chi connectivity index (χ3n) is 6.30. The fraction of sp³-hybridized carbons (Fsp3) is 0.188. The van der Waals surface area contributed by atoms with Crippen LogP contribution in [0.1, 0.15) is 65.0 Å². The molecule has 0 radical (unpaired) electrons. The SMILES string of the molecule is Cc1ccccc1[C@@H](NC(=S)Nc1cccc(C(=O)c2ccc(C(C)(C)C)cc2)c1)c1ccccc1. The van der Waals surface area contributed by atoms with Gasteiger partial charge in [0, 0.05) is 16.8 Å². The van der Waals surface area contributed by atoms with E-state index in [-0.39, 0.29) is 17.2 Å². The highest BCUT2D eigenvalue weighted by Gasteiger charge is 2.18. The average Bonchev–Trinajstić information content (AvgIpc) is 2.87. The predicted octanol–water partition coefficient (Wildman–Crippen LogP) is 7.60. The molecular formula is C32H32N2OS. The molecule has 0 saturated carbocycles. The first kappa shape index (κ1) is 25.3. The zero-order chi connectivity index (χ0) is 25.7. The van der Waals surface area contributed by atoms with Crippen LogP contribution < -0.4 is 10.6 Å². The highest BCUT2D eigenvalue weighted by molar-refractivity contribution is 7.80. The lowest BCUT2D eigenvalue weighted by Gasteiger charge is -2.23. The Labute approximate surface area is 219 Å². The van der Waals surface area contributed by atoms with Crippen molar-refractivity contribution in [2.75, 3.05) is 5.32 Å². The first-order valence-corrected chi connectivity index (χ1v) is 12.6. The maximum Gasteiger partial charge on any atom is 0.193 e. The molecule has 36 heavy (non-hydrogen) atoms. The van der Waals surface area contributed by atoms with Crippen LogP contribution in [-0.4, -0.2) is 10.9 Å². The molecular weight excluding hydrogens is 460 g/mol. The zero-order valence-electron chi connectivity index (χ0n) is 21.2. The second-order valence-electron chi connectivity index (χ2n) is 10.0. The number of rotatable bonds is 6. The average molecular weight is 493 g/mol. The maximum absolute atomic E-state index is 13.2. The summed E-state index contributed by atoms with van der Waals surface area (Å²) in [6.45, 7) is 8.60. The number of hydrogen-bond donors (Lipinski definition) is 2. The van der Waals surface area contributed by atoms with Crippen LogP contribution in [0.4, 0.5) is 5.69 Å². The summed E-state index contributed by atoms with van der Waals surface area (Å²) >= 11 is 5.70. The summed E-state index contributed by atoms with van der Waals surface area (Å²) in [5.74, 6) is -0.0138. The van der Waals surface area contributed by atoms with Gasteiger partial charge in [-0.1, -0.05) is 112 Å². The van der Waals surface area contributed by atoms with Crippen molar-refractivity contribution in [1.82, 2.24) is 5.32 Å². The molecule has 0 bridgehead atoms. The molecule has 3 nitrogen and oxygen atoms in total. The first-order valence-electron chi connectivity index (χ1n) is 12.2. The highest BCUT2D eigenvalue weighted by atomic mass is 32.1. The topological polar surface area (TPSA) is 41.1 Å². The molecule has 4 aromatic rings. The smallest absolute Gasteiger partial charge is 0.193 e. The summed E-state index contributed by atoms with van der Waals surface area (Å²) in [5.41, 5.74) is 6.77. The molecule has 1 atom stereocenters. The lowest BCUT2D eigenvalue weighted by atomic mass is 9.86. The number of hydrogen-bond acceptors (Lipinski definition) is 2. The van der Waals surface area contributed by atoms with Gasteiger partial charge in [0.2, 0.25) is 0 Å². The fourth-order valence-corrected chi connectivity index (χ4v) is 4.46. The van der Waals surface area contributed by atoms with E-state index in [1.54, 1.807) is 0 Å². The van der Waals surface area contributed by atoms with Gasteiger partial charge in [0.15, 0.2) is 10.9 Å². The monoisotopic (exact) mass is 492 g/mol. The van der Waals surface area contributed by atoms with Crippen LogP contribution in [-0.2, 0) is 5.41 Å². The van der Waals surface area contributed by atoms with E-state index in [0.717, 1.165) is 16.8 Å². The fourth-order valence-electron chi connectivity index (χ4n) is 4.22. The van der Waals surface area contributed by atoms with Gasteiger partial charge < -0.3 is 10.6 Å². The molecule has 0 aliphatic heterocycles. The van der Waals surface area contributed by atoms with E-state index < -0.39 is 0 Å². The van der Waals surface area contributed by atoms with Crippen molar-refractivity contribution in [2.45, 2.75) is 39.2 Å². The molecule has 0 fully saturated rings. The van der Waals surface area contributed by atoms with Gasteiger partial charge in [0.25, 0.3) is 0 Å². The van der Waals surface area contributed by atoms with Crippen LogP contribution in [0.25, 0.3) is 0 Å². The molecule has 4 rings (SSSR count). The first-order chi connectivity index (χ1) is 17.2. The number of anilines is 1. The van der Waals surface area contributed by atoms with Gasteiger partial charge in [-0.05, 0) is 58.9 Å². The molecule has 0 amide bonds. The van der Waals surface area contributed by atoms with Crippen molar-refractivity contribution in [3.8, 4) is 0 Å². The van der Waals surface area contributed by atoms with E-state index in [9.17, 15) is 4.79 Å². The molecule has 4 heteroatoms. The Morgan fingerprint density at radius 1 is 0.778 bits per heavy atom. The number of carbonyl (C=O) groups excluding carboxylic acids is 1. The Balaban J connectivity index is 1.52. The summed E-state index contributed by atoms with van der Waals surface area (Å²) < 4.78 is 0. The Kier molecular flexibility index (Phi) is 7.66. The molecule has 0 spiro atoms. The minimum atomic E-state index is -0.0986. The normalized spacial score (nSPS) is 12.0. The van der Waals surface area contributed by atoms with Gasteiger partial charge in [-0.15, -0.1) is 0 Å². The highest BCUT2D eigenvalue weighted by Crippen LogP contribution is 2.26. The van der Waals surface area contributed by atoms with Gasteiger partial charge in [0.1, 0.15) is 0 Å². The van der Waals surface area contributed by atoms with E-state index in [2.05, 4.69) is 62.6 Å². The lowest BCUT2D eigenvalue weighted by Crippen LogP contribution is -2.33. The number of aryl methyl sites for hydroxylation is 1. The Morgan fingerprint density at radius 3 is 2.11 bits per heavy atom. The number of ketones is 1. The summed E-state index contributed by atoms with van der Waals surface area (Å²) in [4.78, 5) is 13.2. The van der Waals surface area contributed by atoms with Crippen LogP contribution in [0.2, 0.25) is 0 Å². The molecule has 0 unspecified atom stereocenters. The number of carbonyl (C=O) groups is 1. The number of nitrogens with one attached hydrogen (secondary N) is 2. The molecule has 182 valence electrons. The van der Waals surface area contributed by atoms with Gasteiger partial charge >= 0.3 is 0 Å². The number of benzene rings is 4. The second-order valence-corrected chi connectivity index (χ2v) is 10.4. The van der Waals surface area contributed by atoms with Crippen LogP contribution in [0.3, 0.4) is 0 Å². The predicted molar refractivity (Wildman–Crippen MR) is 154 cm³/mol. The summed E-state index contributed by atoms with van der Waals surface area (Å²) in [7, 11) is 0. The summed E-state index contributed by atoms with van der Waals surface area (Å²) in [6.07, 6.45) is 0. The largest absolute Gasteiger partial charge is 0.352 e. The summed E-state index contributed by atoms with van der Waals surface area (Å²) in [6, 6.07) is 33.8. The molecule has 0 aliphatic rings. The van der Waals surface area contributed by atoms with Crippen LogP contribution >= 0.6 is 12.2 Å². The minimum absolute atomic E-state index is 0.0138. The molecule has 0 aliphatic carbocycles. The molecule has 4 aromatic carbocycles. The van der Waals surface area contributed by atoms with Crippen LogP contribution in [0, 0.1) is 6.92 Å². The van der Waals surface area contributed by atoms with Crippen molar-refractivity contribution in [1.29, 1.82) is 0 Å². The van der Waals surface area contributed by atoms with E-state index in [1.165, 1.54) is 11.1 Å².